The minimum absolute atomic E-state index is 0.410. The molecule has 2 aromatic rings. The van der Waals surface area contributed by atoms with Crippen LogP contribution in [0.15, 0.2) is 17.8 Å². The van der Waals surface area contributed by atoms with Gasteiger partial charge in [0.2, 0.25) is 0 Å². The number of nitrogens with one attached hydrogen (secondary N) is 1. The first-order valence-electron chi connectivity index (χ1n) is 5.38. The first-order valence-corrected chi connectivity index (χ1v) is 6.67. The molecule has 0 amide bonds. The number of H-pyrrole nitrogens is 1. The lowest BCUT2D eigenvalue weighted by Crippen LogP contribution is -2.08. The van der Waals surface area contributed by atoms with Gasteiger partial charge in [-0.25, -0.2) is 4.98 Å². The monoisotopic (exact) mass is 253 g/mol. The lowest BCUT2D eigenvalue weighted by molar-refractivity contribution is 0.571. The number of hydrogen-bond donors (Lipinski definition) is 1. The standard InChI is InChI=1S/C11H15N3S2/c1-3-9-6-13-11(15)14(9)7-8(2)10-12-4-5-16-10/h4-6,8H,3,7H2,1-2H3,(H,13,15). The molecule has 0 aliphatic rings. The van der Waals surface area contributed by atoms with Gasteiger partial charge in [0.1, 0.15) is 0 Å². The van der Waals surface area contributed by atoms with E-state index in [2.05, 4.69) is 28.4 Å². The van der Waals surface area contributed by atoms with E-state index in [9.17, 15) is 0 Å². The molecule has 5 heteroatoms. The van der Waals surface area contributed by atoms with Crippen LogP contribution in [0, 0.1) is 4.77 Å². The Morgan fingerprint density at radius 1 is 1.62 bits per heavy atom. The SMILES string of the molecule is CCc1c[nH]c(=S)n1CC(C)c1nccs1. The van der Waals surface area contributed by atoms with E-state index in [1.807, 2.05) is 17.8 Å². The molecule has 1 N–H and O–H groups in total. The third-order valence-corrected chi connectivity index (χ3v) is 3.99. The number of imidazole rings is 1. The van der Waals surface area contributed by atoms with Crippen molar-refractivity contribution in [2.75, 3.05) is 0 Å². The van der Waals surface area contributed by atoms with Crippen molar-refractivity contribution in [2.45, 2.75) is 32.7 Å². The Morgan fingerprint density at radius 2 is 2.44 bits per heavy atom. The number of rotatable bonds is 4. The maximum atomic E-state index is 5.28. The van der Waals surface area contributed by atoms with Crippen LogP contribution in [0.5, 0.6) is 0 Å². The average Bonchev–Trinajstić information content (AvgIpc) is 2.89. The Balaban J connectivity index is 2.20. The fourth-order valence-electron chi connectivity index (χ4n) is 1.75. The zero-order chi connectivity index (χ0) is 11.5. The molecule has 2 heterocycles. The third-order valence-electron chi connectivity index (χ3n) is 2.65. The van der Waals surface area contributed by atoms with Gasteiger partial charge in [-0.2, -0.15) is 0 Å². The Labute approximate surface area is 104 Å². The number of hydrogen-bond acceptors (Lipinski definition) is 3. The molecule has 0 aliphatic heterocycles. The predicted octanol–water partition coefficient (Wildman–Crippen LogP) is 3.37. The van der Waals surface area contributed by atoms with E-state index in [1.54, 1.807) is 11.3 Å². The van der Waals surface area contributed by atoms with Gasteiger partial charge in [0, 0.05) is 35.9 Å². The Bertz CT molecular complexity index is 496. The van der Waals surface area contributed by atoms with Crippen LogP contribution in [0.1, 0.15) is 30.5 Å². The maximum Gasteiger partial charge on any atom is 0.177 e. The summed E-state index contributed by atoms with van der Waals surface area (Å²) >= 11 is 6.98. The molecule has 0 bridgehead atoms. The van der Waals surface area contributed by atoms with Crippen LogP contribution in [-0.4, -0.2) is 14.5 Å². The van der Waals surface area contributed by atoms with Crippen LogP contribution < -0.4 is 0 Å². The van der Waals surface area contributed by atoms with Crippen molar-refractivity contribution in [1.82, 2.24) is 14.5 Å². The van der Waals surface area contributed by atoms with Crippen molar-refractivity contribution < 1.29 is 0 Å². The van der Waals surface area contributed by atoms with Gasteiger partial charge in [-0.1, -0.05) is 13.8 Å². The van der Waals surface area contributed by atoms with E-state index in [1.165, 1.54) is 10.7 Å². The minimum Gasteiger partial charge on any atom is -0.337 e. The molecule has 0 saturated carbocycles. The number of aromatic amines is 1. The molecule has 2 rings (SSSR count). The lowest BCUT2D eigenvalue weighted by atomic mass is 10.2. The smallest absolute Gasteiger partial charge is 0.177 e. The van der Waals surface area contributed by atoms with Crippen molar-refractivity contribution in [2.24, 2.45) is 0 Å². The van der Waals surface area contributed by atoms with Crippen LogP contribution >= 0.6 is 23.6 Å². The first-order chi connectivity index (χ1) is 7.72. The van der Waals surface area contributed by atoms with Crippen LogP contribution in [-0.2, 0) is 13.0 Å². The summed E-state index contributed by atoms with van der Waals surface area (Å²) in [5, 5.41) is 3.19. The summed E-state index contributed by atoms with van der Waals surface area (Å²) in [6.45, 7) is 5.23. The predicted molar refractivity (Wildman–Crippen MR) is 69.5 cm³/mol. The molecular weight excluding hydrogens is 238 g/mol. The summed E-state index contributed by atoms with van der Waals surface area (Å²) in [5.41, 5.74) is 1.26. The molecule has 0 spiro atoms. The van der Waals surface area contributed by atoms with Gasteiger partial charge in [0.25, 0.3) is 0 Å². The highest BCUT2D eigenvalue weighted by Gasteiger charge is 2.11. The van der Waals surface area contributed by atoms with E-state index in [0.29, 0.717) is 5.92 Å². The average molecular weight is 253 g/mol. The quantitative estimate of drug-likeness (QED) is 0.848. The summed E-state index contributed by atoms with van der Waals surface area (Å²) in [5.74, 6) is 0.410. The summed E-state index contributed by atoms with van der Waals surface area (Å²) in [6, 6.07) is 0. The second-order valence-corrected chi connectivity index (χ2v) is 5.13. The fourth-order valence-corrected chi connectivity index (χ4v) is 2.69. The highest BCUT2D eigenvalue weighted by atomic mass is 32.1. The van der Waals surface area contributed by atoms with E-state index >= 15 is 0 Å². The largest absolute Gasteiger partial charge is 0.337 e. The Hall–Kier alpha value is -0.940. The highest BCUT2D eigenvalue weighted by Crippen LogP contribution is 2.20. The van der Waals surface area contributed by atoms with Gasteiger partial charge in [0.05, 0.1) is 5.01 Å². The minimum atomic E-state index is 0.410. The normalized spacial score (nSPS) is 12.9. The van der Waals surface area contributed by atoms with Crippen LogP contribution in [0.4, 0.5) is 0 Å². The molecule has 0 fully saturated rings. The lowest BCUT2D eigenvalue weighted by Gasteiger charge is -2.11. The molecule has 0 saturated heterocycles. The molecule has 2 aromatic heterocycles. The Kier molecular flexibility index (Phi) is 3.56. The molecule has 1 unspecified atom stereocenters. The number of thiazole rings is 1. The number of aromatic nitrogens is 3. The van der Waals surface area contributed by atoms with Crippen LogP contribution in [0.3, 0.4) is 0 Å². The summed E-state index contributed by atoms with van der Waals surface area (Å²) in [4.78, 5) is 7.44. The van der Waals surface area contributed by atoms with Gasteiger partial charge in [-0.15, -0.1) is 11.3 Å². The van der Waals surface area contributed by atoms with Gasteiger partial charge in [-0.3, -0.25) is 0 Å². The Morgan fingerprint density at radius 3 is 3.06 bits per heavy atom. The molecule has 0 aliphatic carbocycles. The van der Waals surface area contributed by atoms with Gasteiger partial charge >= 0.3 is 0 Å². The summed E-state index contributed by atoms with van der Waals surface area (Å²) in [7, 11) is 0. The topological polar surface area (TPSA) is 33.6 Å². The van der Waals surface area contributed by atoms with Gasteiger partial charge in [-0.05, 0) is 18.6 Å². The van der Waals surface area contributed by atoms with E-state index in [0.717, 1.165) is 17.7 Å². The molecule has 0 radical (unpaired) electrons. The van der Waals surface area contributed by atoms with E-state index < -0.39 is 0 Å². The second-order valence-electron chi connectivity index (χ2n) is 3.82. The first kappa shape index (κ1) is 11.5. The number of aryl methyl sites for hydroxylation is 1. The van der Waals surface area contributed by atoms with E-state index in [4.69, 9.17) is 12.2 Å². The molecule has 1 atom stereocenters. The van der Waals surface area contributed by atoms with Crippen molar-refractivity contribution in [3.63, 3.8) is 0 Å². The zero-order valence-corrected chi connectivity index (χ0v) is 11.1. The van der Waals surface area contributed by atoms with Crippen LogP contribution in [0.2, 0.25) is 0 Å². The molecule has 86 valence electrons. The third kappa shape index (κ3) is 2.25. The maximum absolute atomic E-state index is 5.28. The highest BCUT2D eigenvalue weighted by molar-refractivity contribution is 7.71. The van der Waals surface area contributed by atoms with Crippen molar-refractivity contribution in [3.05, 3.63) is 33.2 Å². The van der Waals surface area contributed by atoms with Crippen molar-refractivity contribution in [3.8, 4) is 0 Å². The van der Waals surface area contributed by atoms with Crippen molar-refractivity contribution >= 4 is 23.6 Å². The molecule has 16 heavy (non-hydrogen) atoms. The summed E-state index contributed by atoms with van der Waals surface area (Å²) in [6.07, 6.45) is 4.85. The van der Waals surface area contributed by atoms with E-state index in [-0.39, 0.29) is 0 Å². The molecular formula is C11H15N3S2. The number of nitrogens with zero attached hydrogens (tertiary/aromatic N) is 2. The second kappa shape index (κ2) is 4.93. The van der Waals surface area contributed by atoms with Gasteiger partial charge < -0.3 is 9.55 Å². The molecule has 3 nitrogen and oxygen atoms in total. The van der Waals surface area contributed by atoms with Crippen molar-refractivity contribution in [1.29, 1.82) is 0 Å². The molecule has 0 aromatic carbocycles. The fraction of sp³-hybridized carbons (Fsp3) is 0.455. The van der Waals surface area contributed by atoms with Gasteiger partial charge in [0.15, 0.2) is 4.77 Å². The summed E-state index contributed by atoms with van der Waals surface area (Å²) < 4.78 is 2.97. The van der Waals surface area contributed by atoms with Crippen LogP contribution in [0.25, 0.3) is 0 Å². The zero-order valence-electron chi connectivity index (χ0n) is 9.43.